The summed E-state index contributed by atoms with van der Waals surface area (Å²) in [4.78, 5) is 33.7. The molecule has 0 saturated heterocycles. The van der Waals surface area contributed by atoms with Crippen LogP contribution in [0.4, 0.5) is 0 Å². The van der Waals surface area contributed by atoms with E-state index in [1.165, 1.54) is 0 Å². The van der Waals surface area contributed by atoms with Gasteiger partial charge < -0.3 is 10.1 Å². The molecule has 20 heavy (non-hydrogen) atoms. The summed E-state index contributed by atoms with van der Waals surface area (Å²) in [6.45, 7) is -0.114. The lowest BCUT2D eigenvalue weighted by molar-refractivity contribution is -0.137. The standard InChI is InChI=1S/C15H15NO4/c17-13-8-12(20-10-14(13)18)9-16-15(19)7-6-11-4-2-1-3-5-11/h1-5,8H,6-7,9-10H2,(H,16,19). The Morgan fingerprint density at radius 1 is 1.20 bits per heavy atom. The molecular weight excluding hydrogens is 258 g/mol. The molecule has 1 heterocycles. The second kappa shape index (κ2) is 6.65. The maximum Gasteiger partial charge on any atom is 0.240 e. The van der Waals surface area contributed by atoms with Crippen molar-refractivity contribution in [2.24, 2.45) is 0 Å². The quantitative estimate of drug-likeness (QED) is 0.805. The number of ether oxygens (including phenoxy) is 1. The van der Waals surface area contributed by atoms with Crippen LogP contribution in [0.1, 0.15) is 12.0 Å². The van der Waals surface area contributed by atoms with Gasteiger partial charge in [-0.15, -0.1) is 0 Å². The molecule has 0 unspecified atom stereocenters. The van der Waals surface area contributed by atoms with E-state index in [-0.39, 0.29) is 19.1 Å². The smallest absolute Gasteiger partial charge is 0.240 e. The van der Waals surface area contributed by atoms with E-state index in [0.717, 1.165) is 11.6 Å². The highest BCUT2D eigenvalue weighted by Crippen LogP contribution is 2.05. The number of benzene rings is 1. The van der Waals surface area contributed by atoms with Gasteiger partial charge in [-0.05, 0) is 12.0 Å². The Labute approximate surface area is 116 Å². The molecule has 1 amide bonds. The second-order valence-corrected chi connectivity index (χ2v) is 4.45. The van der Waals surface area contributed by atoms with Crippen LogP contribution in [-0.2, 0) is 25.5 Å². The van der Waals surface area contributed by atoms with Crippen LogP contribution in [-0.4, -0.2) is 30.6 Å². The molecule has 0 aliphatic carbocycles. The van der Waals surface area contributed by atoms with E-state index in [2.05, 4.69) is 5.32 Å². The second-order valence-electron chi connectivity index (χ2n) is 4.45. The number of hydrogen-bond acceptors (Lipinski definition) is 4. The Balaban J connectivity index is 1.74. The summed E-state index contributed by atoms with van der Waals surface area (Å²) in [6.07, 6.45) is 2.15. The van der Waals surface area contributed by atoms with Gasteiger partial charge in [-0.25, -0.2) is 0 Å². The minimum Gasteiger partial charge on any atom is -0.488 e. The maximum atomic E-state index is 11.7. The predicted molar refractivity (Wildman–Crippen MR) is 71.8 cm³/mol. The van der Waals surface area contributed by atoms with Gasteiger partial charge in [-0.3, -0.25) is 14.4 Å². The minimum absolute atomic E-state index is 0.122. The van der Waals surface area contributed by atoms with Crippen molar-refractivity contribution < 1.29 is 19.1 Å². The maximum absolute atomic E-state index is 11.7. The molecule has 104 valence electrons. The molecular formula is C15H15NO4. The fourth-order valence-electron chi connectivity index (χ4n) is 1.78. The SMILES string of the molecule is O=C(CCc1ccccc1)NCC1=CC(=O)C(=O)CO1. The number of Topliss-reactive ketones (excluding diaryl/α,β-unsaturated/α-hetero) is 1. The van der Waals surface area contributed by atoms with E-state index in [9.17, 15) is 14.4 Å². The number of amides is 1. The van der Waals surface area contributed by atoms with Crippen molar-refractivity contribution in [3.8, 4) is 0 Å². The van der Waals surface area contributed by atoms with Gasteiger partial charge in [-0.1, -0.05) is 30.3 Å². The fraction of sp³-hybridized carbons (Fsp3) is 0.267. The molecule has 2 rings (SSSR count). The topological polar surface area (TPSA) is 72.5 Å². The Morgan fingerprint density at radius 3 is 2.65 bits per heavy atom. The molecule has 0 saturated carbocycles. The van der Waals surface area contributed by atoms with E-state index in [1.54, 1.807) is 0 Å². The van der Waals surface area contributed by atoms with Crippen molar-refractivity contribution in [3.63, 3.8) is 0 Å². The molecule has 1 aliphatic rings. The number of hydrogen-bond donors (Lipinski definition) is 1. The molecule has 1 aromatic carbocycles. The van der Waals surface area contributed by atoms with Crippen molar-refractivity contribution in [1.82, 2.24) is 5.32 Å². The number of carbonyl (C=O) groups excluding carboxylic acids is 3. The fourth-order valence-corrected chi connectivity index (χ4v) is 1.78. The number of rotatable bonds is 5. The lowest BCUT2D eigenvalue weighted by atomic mass is 10.1. The zero-order chi connectivity index (χ0) is 14.4. The number of nitrogens with one attached hydrogen (secondary N) is 1. The number of carbonyl (C=O) groups is 3. The molecule has 1 N–H and O–H groups in total. The lowest BCUT2D eigenvalue weighted by Gasteiger charge is -2.14. The van der Waals surface area contributed by atoms with Crippen molar-refractivity contribution in [2.45, 2.75) is 12.8 Å². The molecule has 0 aromatic heterocycles. The minimum atomic E-state index is -0.579. The van der Waals surface area contributed by atoms with Crippen molar-refractivity contribution >= 4 is 17.5 Å². The summed E-state index contributed by atoms with van der Waals surface area (Å²) >= 11 is 0. The first-order chi connectivity index (χ1) is 9.65. The van der Waals surface area contributed by atoms with Gasteiger partial charge in [0.1, 0.15) is 5.76 Å². The summed E-state index contributed by atoms with van der Waals surface area (Å²) < 4.78 is 5.05. The van der Waals surface area contributed by atoms with Crippen LogP contribution in [0.25, 0.3) is 0 Å². The van der Waals surface area contributed by atoms with Crippen LogP contribution >= 0.6 is 0 Å². The molecule has 5 nitrogen and oxygen atoms in total. The lowest BCUT2D eigenvalue weighted by Crippen LogP contribution is -2.31. The molecule has 5 heteroatoms. The molecule has 0 fully saturated rings. The highest BCUT2D eigenvalue weighted by molar-refractivity contribution is 6.42. The zero-order valence-corrected chi connectivity index (χ0v) is 10.9. The highest BCUT2D eigenvalue weighted by Gasteiger charge is 2.19. The molecule has 1 aromatic rings. The average Bonchev–Trinajstić information content (AvgIpc) is 2.47. The number of aryl methyl sites for hydroxylation is 1. The van der Waals surface area contributed by atoms with Gasteiger partial charge in [-0.2, -0.15) is 0 Å². The van der Waals surface area contributed by atoms with Crippen molar-refractivity contribution in [2.75, 3.05) is 13.2 Å². The largest absolute Gasteiger partial charge is 0.488 e. The van der Waals surface area contributed by atoms with E-state index in [1.807, 2.05) is 30.3 Å². The van der Waals surface area contributed by atoms with Gasteiger partial charge in [0.05, 0.1) is 6.54 Å². The average molecular weight is 273 g/mol. The van der Waals surface area contributed by atoms with E-state index in [0.29, 0.717) is 18.6 Å². The van der Waals surface area contributed by atoms with Crippen LogP contribution < -0.4 is 5.32 Å². The molecule has 0 bridgehead atoms. The summed E-state index contributed by atoms with van der Waals surface area (Å²) in [5.74, 6) is -0.945. The molecule has 0 atom stereocenters. The van der Waals surface area contributed by atoms with Gasteiger partial charge in [0.15, 0.2) is 6.61 Å². The first-order valence-electron chi connectivity index (χ1n) is 6.36. The van der Waals surface area contributed by atoms with Crippen LogP contribution in [0.3, 0.4) is 0 Å². The van der Waals surface area contributed by atoms with E-state index >= 15 is 0 Å². The summed E-state index contributed by atoms with van der Waals surface area (Å²) in [5, 5.41) is 2.66. The first-order valence-corrected chi connectivity index (χ1v) is 6.36. The third-order valence-corrected chi connectivity index (χ3v) is 2.90. The predicted octanol–water partition coefficient (Wildman–Crippen LogP) is 0.788. The molecule has 0 spiro atoms. The Morgan fingerprint density at radius 2 is 1.95 bits per heavy atom. The molecule has 1 aliphatic heterocycles. The summed E-state index contributed by atoms with van der Waals surface area (Å²) in [7, 11) is 0. The van der Waals surface area contributed by atoms with Crippen LogP contribution in [0, 0.1) is 0 Å². The highest BCUT2D eigenvalue weighted by atomic mass is 16.5. The summed E-state index contributed by atoms with van der Waals surface area (Å²) in [5.41, 5.74) is 1.09. The Hall–Kier alpha value is -2.43. The third kappa shape index (κ3) is 4.05. The van der Waals surface area contributed by atoms with Gasteiger partial charge in [0, 0.05) is 12.5 Å². The van der Waals surface area contributed by atoms with Crippen LogP contribution in [0.2, 0.25) is 0 Å². The monoisotopic (exact) mass is 273 g/mol. The number of ketones is 2. The van der Waals surface area contributed by atoms with Gasteiger partial charge in [0.25, 0.3) is 0 Å². The molecule has 0 radical (unpaired) electrons. The van der Waals surface area contributed by atoms with Gasteiger partial charge in [0.2, 0.25) is 17.5 Å². The van der Waals surface area contributed by atoms with Crippen LogP contribution in [0.15, 0.2) is 42.2 Å². The van der Waals surface area contributed by atoms with Gasteiger partial charge >= 0.3 is 0 Å². The first kappa shape index (κ1) is 14.0. The van der Waals surface area contributed by atoms with E-state index in [4.69, 9.17) is 4.74 Å². The zero-order valence-electron chi connectivity index (χ0n) is 10.9. The van der Waals surface area contributed by atoms with Crippen LogP contribution in [0.5, 0.6) is 0 Å². The van der Waals surface area contributed by atoms with Crippen molar-refractivity contribution in [1.29, 1.82) is 0 Å². The van der Waals surface area contributed by atoms with E-state index < -0.39 is 11.6 Å². The normalized spacial score (nSPS) is 14.5. The third-order valence-electron chi connectivity index (χ3n) is 2.90. The number of allylic oxidation sites excluding steroid dienone is 1. The Bertz CT molecular complexity index is 548. The summed E-state index contributed by atoms with van der Waals surface area (Å²) in [6, 6.07) is 9.70. The van der Waals surface area contributed by atoms with Crippen molar-refractivity contribution in [3.05, 3.63) is 47.7 Å². The Kier molecular flexibility index (Phi) is 4.65.